The Bertz CT molecular complexity index is 655. The van der Waals surface area contributed by atoms with E-state index >= 15 is 0 Å². The van der Waals surface area contributed by atoms with E-state index in [1.807, 2.05) is 0 Å². The van der Waals surface area contributed by atoms with Gasteiger partial charge in [0, 0.05) is 0 Å². The second kappa shape index (κ2) is 5.09. The first-order valence-corrected chi connectivity index (χ1v) is 7.39. The molecular formula is C20H26. The standard InChI is InChI=1S/C20H26/c1-19(2,3)13-17-11-15-9-7-8-10-16(15)12-18(17)14-20(4,5)6/h7-14H,1-6H3/b17-13-,18-14?. The van der Waals surface area contributed by atoms with Gasteiger partial charge in [-0.1, -0.05) is 78.0 Å². The predicted octanol–water partition coefficient (Wildman–Crippen LogP) is 4.49. The molecule has 0 saturated heterocycles. The molecule has 0 amide bonds. The molecule has 2 aromatic rings. The zero-order valence-corrected chi connectivity index (χ0v) is 13.6. The zero-order valence-electron chi connectivity index (χ0n) is 13.6. The Morgan fingerprint density at radius 2 is 1.00 bits per heavy atom. The van der Waals surface area contributed by atoms with Gasteiger partial charge in [-0.2, -0.15) is 0 Å². The molecule has 0 nitrogen and oxygen atoms in total. The van der Waals surface area contributed by atoms with Crippen LogP contribution in [0.25, 0.3) is 22.9 Å². The van der Waals surface area contributed by atoms with E-state index < -0.39 is 0 Å². The third-order valence-electron chi connectivity index (χ3n) is 3.13. The van der Waals surface area contributed by atoms with Gasteiger partial charge in [0.05, 0.1) is 0 Å². The van der Waals surface area contributed by atoms with Crippen molar-refractivity contribution in [1.29, 1.82) is 0 Å². The molecule has 2 aromatic carbocycles. The number of hydrogen-bond acceptors (Lipinski definition) is 0. The minimum Gasteiger partial charge on any atom is -0.0713 e. The Morgan fingerprint density at radius 3 is 1.30 bits per heavy atom. The van der Waals surface area contributed by atoms with Gasteiger partial charge in [0.25, 0.3) is 0 Å². The summed E-state index contributed by atoms with van der Waals surface area (Å²) < 4.78 is 0. The minimum absolute atomic E-state index is 0.183. The maximum atomic E-state index is 2.37. The first kappa shape index (κ1) is 14.8. The molecule has 0 N–H and O–H groups in total. The Hall–Kier alpha value is -1.56. The van der Waals surface area contributed by atoms with Crippen LogP contribution in [-0.2, 0) is 0 Å². The number of benzene rings is 2. The molecule has 0 heteroatoms. The van der Waals surface area contributed by atoms with Crippen LogP contribution in [0.4, 0.5) is 0 Å². The van der Waals surface area contributed by atoms with E-state index in [4.69, 9.17) is 0 Å². The monoisotopic (exact) mass is 266 g/mol. The van der Waals surface area contributed by atoms with Gasteiger partial charge in [-0.25, -0.2) is 0 Å². The lowest BCUT2D eigenvalue weighted by Crippen LogP contribution is -2.28. The summed E-state index contributed by atoms with van der Waals surface area (Å²) in [5.74, 6) is 0. The molecule has 0 fully saturated rings. The fraction of sp³-hybridized carbons (Fsp3) is 0.400. The van der Waals surface area contributed by atoms with Crippen LogP contribution in [0.5, 0.6) is 0 Å². The first-order chi connectivity index (χ1) is 9.14. The van der Waals surface area contributed by atoms with E-state index in [0.717, 1.165) is 0 Å². The average Bonchev–Trinajstić information content (AvgIpc) is 2.26. The molecule has 0 aliphatic heterocycles. The molecule has 0 aliphatic carbocycles. The van der Waals surface area contributed by atoms with Gasteiger partial charge in [-0.05, 0) is 44.2 Å². The van der Waals surface area contributed by atoms with E-state index in [9.17, 15) is 0 Å². The number of rotatable bonds is 0. The summed E-state index contributed by atoms with van der Waals surface area (Å²) in [7, 11) is 0. The predicted molar refractivity (Wildman–Crippen MR) is 91.0 cm³/mol. The summed E-state index contributed by atoms with van der Waals surface area (Å²) in [6.07, 6.45) is 4.74. The van der Waals surface area contributed by atoms with E-state index in [1.165, 1.54) is 21.2 Å². The zero-order chi connectivity index (χ0) is 15.0. The lowest BCUT2D eigenvalue weighted by atomic mass is 9.91. The minimum atomic E-state index is 0.183. The highest BCUT2D eigenvalue weighted by Crippen LogP contribution is 2.17. The normalized spacial score (nSPS) is 15.1. The van der Waals surface area contributed by atoms with Gasteiger partial charge in [0.2, 0.25) is 0 Å². The summed E-state index contributed by atoms with van der Waals surface area (Å²) in [6, 6.07) is 13.2. The molecule has 0 spiro atoms. The topological polar surface area (TPSA) is 0 Å². The SMILES string of the molecule is CC(C)(C)C=c1cc2ccccc2c/c1=C/C(C)(C)C. The smallest absolute Gasteiger partial charge is 0.0178 e. The highest BCUT2D eigenvalue weighted by molar-refractivity contribution is 5.82. The van der Waals surface area contributed by atoms with Crippen molar-refractivity contribution in [2.24, 2.45) is 10.8 Å². The Balaban J connectivity index is 2.86. The van der Waals surface area contributed by atoms with Gasteiger partial charge in [-0.15, -0.1) is 0 Å². The van der Waals surface area contributed by atoms with E-state index in [0.29, 0.717) is 0 Å². The fourth-order valence-electron chi connectivity index (χ4n) is 2.46. The molecule has 0 bridgehead atoms. The summed E-state index contributed by atoms with van der Waals surface area (Å²) in [5.41, 5.74) is 0.367. The van der Waals surface area contributed by atoms with Gasteiger partial charge >= 0.3 is 0 Å². The van der Waals surface area contributed by atoms with Crippen molar-refractivity contribution >= 4 is 22.9 Å². The maximum Gasteiger partial charge on any atom is -0.0178 e. The van der Waals surface area contributed by atoms with Gasteiger partial charge < -0.3 is 0 Å². The van der Waals surface area contributed by atoms with E-state index in [1.54, 1.807) is 0 Å². The molecule has 0 unspecified atom stereocenters. The highest BCUT2D eigenvalue weighted by atomic mass is 14.1. The highest BCUT2D eigenvalue weighted by Gasteiger charge is 2.08. The molecule has 0 heterocycles. The van der Waals surface area contributed by atoms with Crippen LogP contribution in [0, 0.1) is 10.8 Å². The fourth-order valence-corrected chi connectivity index (χ4v) is 2.46. The van der Waals surface area contributed by atoms with Crippen LogP contribution in [0.1, 0.15) is 41.5 Å². The number of hydrogen-bond donors (Lipinski definition) is 0. The van der Waals surface area contributed by atoms with E-state index in [-0.39, 0.29) is 10.8 Å². The van der Waals surface area contributed by atoms with Crippen molar-refractivity contribution in [3.63, 3.8) is 0 Å². The molecule has 20 heavy (non-hydrogen) atoms. The summed E-state index contributed by atoms with van der Waals surface area (Å²) in [4.78, 5) is 0. The first-order valence-electron chi connectivity index (χ1n) is 7.39. The van der Waals surface area contributed by atoms with Crippen LogP contribution in [-0.4, -0.2) is 0 Å². The molecule has 0 aliphatic rings. The maximum absolute atomic E-state index is 2.37. The molecule has 0 radical (unpaired) electrons. The van der Waals surface area contributed by atoms with Crippen LogP contribution in [0.15, 0.2) is 36.4 Å². The van der Waals surface area contributed by atoms with Crippen LogP contribution in [0.2, 0.25) is 0 Å². The van der Waals surface area contributed by atoms with Crippen LogP contribution < -0.4 is 10.4 Å². The second-order valence-corrected chi connectivity index (χ2v) is 7.85. The van der Waals surface area contributed by atoms with Gasteiger partial charge in [0.15, 0.2) is 0 Å². The Labute approximate surface area is 122 Å². The Morgan fingerprint density at radius 1 is 0.650 bits per heavy atom. The molecular weight excluding hydrogens is 240 g/mol. The molecule has 0 atom stereocenters. The largest absolute Gasteiger partial charge is 0.0713 e. The summed E-state index contributed by atoms with van der Waals surface area (Å²) >= 11 is 0. The van der Waals surface area contributed by atoms with Crippen LogP contribution in [0.3, 0.4) is 0 Å². The second-order valence-electron chi connectivity index (χ2n) is 7.85. The molecule has 0 saturated carbocycles. The van der Waals surface area contributed by atoms with Crippen molar-refractivity contribution in [3.05, 3.63) is 46.8 Å². The van der Waals surface area contributed by atoms with Crippen molar-refractivity contribution in [2.75, 3.05) is 0 Å². The van der Waals surface area contributed by atoms with Crippen molar-refractivity contribution < 1.29 is 0 Å². The average molecular weight is 266 g/mol. The van der Waals surface area contributed by atoms with Crippen molar-refractivity contribution in [3.8, 4) is 0 Å². The molecule has 0 aromatic heterocycles. The number of fused-ring (bicyclic) bond motifs is 1. The lowest BCUT2D eigenvalue weighted by Gasteiger charge is -2.14. The summed E-state index contributed by atoms with van der Waals surface area (Å²) in [6.45, 7) is 13.5. The third-order valence-corrected chi connectivity index (χ3v) is 3.13. The third kappa shape index (κ3) is 3.96. The van der Waals surface area contributed by atoms with Gasteiger partial charge in [-0.3, -0.25) is 0 Å². The molecule has 106 valence electrons. The van der Waals surface area contributed by atoms with Gasteiger partial charge in [0.1, 0.15) is 0 Å². The van der Waals surface area contributed by atoms with E-state index in [2.05, 4.69) is 90.1 Å². The summed E-state index contributed by atoms with van der Waals surface area (Å²) in [5, 5.41) is 5.31. The van der Waals surface area contributed by atoms with Crippen molar-refractivity contribution in [1.82, 2.24) is 0 Å². The quantitative estimate of drug-likeness (QED) is 0.659. The Kier molecular flexibility index (Phi) is 3.77. The molecule has 2 rings (SSSR count). The van der Waals surface area contributed by atoms with Crippen LogP contribution >= 0.6 is 0 Å². The van der Waals surface area contributed by atoms with Crippen molar-refractivity contribution in [2.45, 2.75) is 41.5 Å². The lowest BCUT2D eigenvalue weighted by molar-refractivity contribution is 0.580.